The summed E-state index contributed by atoms with van der Waals surface area (Å²) in [6, 6.07) is -1.06. The number of allylic oxidation sites excluding steroid dienone is 3. The number of amides is 1. The van der Waals surface area contributed by atoms with Gasteiger partial charge in [0.2, 0.25) is 0 Å². The molecule has 5 aliphatic rings. The number of nitrogens with zero attached hydrogens (tertiary/aromatic N) is 3. The van der Waals surface area contributed by atoms with Crippen molar-refractivity contribution in [1.29, 1.82) is 0 Å². The number of alkyl halides is 2. The SMILES string of the molecule is COC1=CN(C)C(C(F)F)C=C1C1=C(C(=O)NC(N)SC(N)C#CC2CC2)CNC(N2C=CC(N(C)C3COC3)=CC(=O)C2)=C1. The number of nitrogens with two attached hydrogens (primary N) is 2. The lowest BCUT2D eigenvalue weighted by Gasteiger charge is -2.36. The van der Waals surface area contributed by atoms with Crippen LogP contribution in [0, 0.1) is 17.8 Å². The first-order valence-corrected chi connectivity index (χ1v) is 15.6. The lowest BCUT2D eigenvalue weighted by molar-refractivity contribution is -0.118. The van der Waals surface area contributed by atoms with E-state index in [0.717, 1.165) is 30.3 Å². The number of halogens is 2. The molecule has 5 rings (SSSR count). The highest BCUT2D eigenvalue weighted by molar-refractivity contribution is 8.00. The van der Waals surface area contributed by atoms with E-state index in [2.05, 4.69) is 22.5 Å². The van der Waals surface area contributed by atoms with Crippen molar-refractivity contribution in [1.82, 2.24) is 25.3 Å². The fourth-order valence-electron chi connectivity index (χ4n) is 5.08. The Hall–Kier alpha value is -3.77. The molecular formula is C31H39F2N7O4S. The summed E-state index contributed by atoms with van der Waals surface area (Å²) in [5, 5.41) is 5.39. The molecule has 1 amide bonds. The zero-order valence-electron chi connectivity index (χ0n) is 25.5. The van der Waals surface area contributed by atoms with Gasteiger partial charge in [0.1, 0.15) is 28.5 Å². The lowest BCUT2D eigenvalue weighted by Crippen LogP contribution is -2.46. The number of ketones is 1. The molecular weight excluding hydrogens is 604 g/mol. The molecule has 2 fully saturated rings. The third-order valence-electron chi connectivity index (χ3n) is 8.01. The monoisotopic (exact) mass is 643 g/mol. The quantitative estimate of drug-likeness (QED) is 0.201. The minimum atomic E-state index is -2.69. The maximum Gasteiger partial charge on any atom is 0.262 e. The summed E-state index contributed by atoms with van der Waals surface area (Å²) in [5.41, 5.74) is 13.1. The van der Waals surface area contributed by atoms with Crippen molar-refractivity contribution < 1.29 is 27.8 Å². The Labute approximate surface area is 266 Å². The standard InChI is InChI=1S/C31H39F2N7O4S/c1-38-15-26(43-3)23(11-25(38)29(32)33)22-12-28(40-9-8-19(10-21(41)14-40)39(2)20-16-44-17-20)36-13-24(22)30(42)37-31(35)45-27(34)7-6-18-4-5-18/h8-12,15,18,20,25,27,29,31,36H,4-5,13-14,16-17,34-35H2,1-3H3,(H,37,42). The van der Waals surface area contributed by atoms with E-state index in [4.69, 9.17) is 20.9 Å². The van der Waals surface area contributed by atoms with Crippen molar-refractivity contribution in [3.8, 4) is 11.8 Å². The van der Waals surface area contributed by atoms with E-state index in [9.17, 15) is 18.4 Å². The van der Waals surface area contributed by atoms with Crippen molar-refractivity contribution in [3.05, 3.63) is 70.7 Å². The number of hydrogen-bond acceptors (Lipinski definition) is 11. The molecule has 0 bridgehead atoms. The molecule has 1 saturated heterocycles. The number of nitrogens with one attached hydrogen (secondary N) is 2. The molecule has 0 aromatic carbocycles. The van der Waals surface area contributed by atoms with Crippen LogP contribution in [-0.2, 0) is 19.1 Å². The van der Waals surface area contributed by atoms with Gasteiger partial charge in [0.15, 0.2) is 5.78 Å². The van der Waals surface area contributed by atoms with Gasteiger partial charge in [-0.05, 0) is 36.6 Å². The first-order valence-electron chi connectivity index (χ1n) is 14.7. The van der Waals surface area contributed by atoms with E-state index in [1.54, 1.807) is 23.3 Å². The highest BCUT2D eigenvalue weighted by Crippen LogP contribution is 2.34. The van der Waals surface area contributed by atoms with Gasteiger partial charge >= 0.3 is 0 Å². The van der Waals surface area contributed by atoms with Crippen LogP contribution in [0.5, 0.6) is 0 Å². The molecule has 6 N–H and O–H groups in total. The molecule has 14 heteroatoms. The Balaban J connectivity index is 1.45. The molecule has 45 heavy (non-hydrogen) atoms. The summed E-state index contributed by atoms with van der Waals surface area (Å²) in [4.78, 5) is 31.7. The predicted octanol–water partition coefficient (Wildman–Crippen LogP) is 1.12. The fourth-order valence-corrected chi connectivity index (χ4v) is 5.71. The van der Waals surface area contributed by atoms with Crippen LogP contribution in [0.25, 0.3) is 0 Å². The molecule has 3 unspecified atom stereocenters. The van der Waals surface area contributed by atoms with E-state index in [1.807, 2.05) is 18.0 Å². The Morgan fingerprint density at radius 1 is 1.29 bits per heavy atom. The molecule has 0 aromatic heterocycles. The van der Waals surface area contributed by atoms with E-state index in [1.165, 1.54) is 31.3 Å². The minimum Gasteiger partial charge on any atom is -0.495 e. The summed E-state index contributed by atoms with van der Waals surface area (Å²) >= 11 is 1.11. The number of methoxy groups -OCH3 is 1. The fraction of sp³-hybridized carbons (Fsp3) is 0.484. The van der Waals surface area contributed by atoms with Crippen LogP contribution in [0.2, 0.25) is 0 Å². The smallest absolute Gasteiger partial charge is 0.262 e. The number of ether oxygens (including phenoxy) is 2. The molecule has 11 nitrogen and oxygen atoms in total. The van der Waals surface area contributed by atoms with Crippen molar-refractivity contribution in [2.75, 3.05) is 47.5 Å². The molecule has 0 radical (unpaired) electrons. The van der Waals surface area contributed by atoms with Crippen LogP contribution in [0.1, 0.15) is 12.8 Å². The Bertz CT molecular complexity index is 1440. The van der Waals surface area contributed by atoms with Gasteiger partial charge in [-0.3, -0.25) is 9.59 Å². The third-order valence-corrected chi connectivity index (χ3v) is 8.83. The molecule has 242 valence electrons. The number of rotatable bonds is 10. The van der Waals surface area contributed by atoms with E-state index in [-0.39, 0.29) is 30.5 Å². The van der Waals surface area contributed by atoms with Crippen LogP contribution >= 0.6 is 11.8 Å². The molecule has 4 aliphatic heterocycles. The Kier molecular flexibility index (Phi) is 10.2. The van der Waals surface area contributed by atoms with Crippen molar-refractivity contribution in [2.45, 2.75) is 42.2 Å². The summed E-state index contributed by atoms with van der Waals surface area (Å²) in [6.45, 7) is 1.23. The van der Waals surface area contributed by atoms with Gasteiger partial charge in [-0.2, -0.15) is 0 Å². The molecule has 0 spiro atoms. The van der Waals surface area contributed by atoms with E-state index >= 15 is 0 Å². The zero-order chi connectivity index (χ0) is 32.2. The second-order valence-corrected chi connectivity index (χ2v) is 12.6. The van der Waals surface area contributed by atoms with Crippen LogP contribution < -0.4 is 22.1 Å². The Morgan fingerprint density at radius 3 is 2.69 bits per heavy atom. The maximum absolute atomic E-state index is 14.1. The predicted molar refractivity (Wildman–Crippen MR) is 167 cm³/mol. The number of thioether (sulfide) groups is 1. The maximum atomic E-state index is 14.1. The van der Waals surface area contributed by atoms with Crippen LogP contribution in [-0.4, -0.2) is 103 Å². The van der Waals surface area contributed by atoms with Gasteiger partial charge in [-0.1, -0.05) is 23.6 Å². The first kappa shape index (κ1) is 32.6. The molecule has 3 atom stereocenters. The van der Waals surface area contributed by atoms with Crippen LogP contribution in [0.3, 0.4) is 0 Å². The first-order chi connectivity index (χ1) is 21.5. The van der Waals surface area contributed by atoms with Gasteiger partial charge in [-0.15, -0.1) is 0 Å². The summed E-state index contributed by atoms with van der Waals surface area (Å²) in [7, 11) is 4.88. The number of carbonyl (C=O) groups is 2. The number of dihydropyridines is 1. The normalized spacial score (nSPS) is 23.4. The zero-order valence-corrected chi connectivity index (χ0v) is 26.3. The number of likely N-dealkylation sites (N-methyl/N-ethyl adjacent to an activating group) is 2. The average molecular weight is 644 g/mol. The summed E-state index contributed by atoms with van der Waals surface area (Å²) in [5.74, 6) is 6.61. The molecule has 4 heterocycles. The second kappa shape index (κ2) is 14.1. The van der Waals surface area contributed by atoms with Gasteiger partial charge in [0.05, 0.1) is 32.9 Å². The van der Waals surface area contributed by atoms with Crippen molar-refractivity contribution in [2.24, 2.45) is 17.4 Å². The highest BCUT2D eigenvalue weighted by Gasteiger charge is 2.33. The van der Waals surface area contributed by atoms with Gasteiger partial charge in [0.25, 0.3) is 12.3 Å². The second-order valence-electron chi connectivity index (χ2n) is 11.3. The van der Waals surface area contributed by atoms with Crippen LogP contribution in [0.15, 0.2) is 70.7 Å². The van der Waals surface area contributed by atoms with Gasteiger partial charge in [0, 0.05) is 61.9 Å². The number of hydrogen-bond donors (Lipinski definition) is 4. The summed E-state index contributed by atoms with van der Waals surface area (Å²) < 4.78 is 39.0. The number of carbonyl (C=O) groups excluding carboxylic acids is 2. The van der Waals surface area contributed by atoms with E-state index in [0.29, 0.717) is 41.9 Å². The highest BCUT2D eigenvalue weighted by atomic mass is 32.2. The van der Waals surface area contributed by atoms with E-state index < -0.39 is 29.2 Å². The largest absolute Gasteiger partial charge is 0.495 e. The summed E-state index contributed by atoms with van der Waals surface area (Å²) in [6.07, 6.45) is 9.18. The van der Waals surface area contributed by atoms with Gasteiger partial charge in [-0.25, -0.2) is 8.78 Å². The third kappa shape index (κ3) is 7.91. The topological polar surface area (TPSA) is 138 Å². The molecule has 1 saturated carbocycles. The Morgan fingerprint density at radius 2 is 2.04 bits per heavy atom. The van der Waals surface area contributed by atoms with Gasteiger partial charge < -0.3 is 46.3 Å². The molecule has 0 aromatic rings. The minimum absolute atomic E-state index is 0.0262. The van der Waals surface area contributed by atoms with Crippen molar-refractivity contribution in [3.63, 3.8) is 0 Å². The van der Waals surface area contributed by atoms with Crippen LogP contribution in [0.4, 0.5) is 8.78 Å². The molecule has 1 aliphatic carbocycles. The average Bonchev–Trinajstić information content (AvgIpc) is 3.82. The van der Waals surface area contributed by atoms with Crippen molar-refractivity contribution >= 4 is 23.5 Å². The lowest BCUT2D eigenvalue weighted by atomic mass is 9.91.